The molecule has 0 aromatic carbocycles. The lowest BCUT2D eigenvalue weighted by Gasteiger charge is -1.90. The number of hydrogen-bond acceptors (Lipinski definition) is 2. The molecule has 0 atom stereocenters. The van der Waals surface area contributed by atoms with Crippen LogP contribution in [0.25, 0.3) is 0 Å². The highest BCUT2D eigenvalue weighted by molar-refractivity contribution is 5.83. The van der Waals surface area contributed by atoms with Crippen molar-refractivity contribution in [2.75, 3.05) is 6.61 Å². The van der Waals surface area contributed by atoms with E-state index in [1.807, 2.05) is 0 Å². The second-order valence-corrected chi connectivity index (χ2v) is 1.23. The minimum Gasteiger partial charge on any atom is -0.498 e. The molecule has 9 heavy (non-hydrogen) atoms. The number of carboxylic acid groups (broad SMARTS) is 1. The van der Waals surface area contributed by atoms with Crippen molar-refractivity contribution >= 4 is 5.97 Å². The Morgan fingerprint density at radius 2 is 2.44 bits per heavy atom. The Morgan fingerprint density at radius 1 is 1.89 bits per heavy atom. The van der Waals surface area contributed by atoms with Gasteiger partial charge in [-0.15, -0.1) is 0 Å². The largest absolute Gasteiger partial charge is 0.498 e. The van der Waals surface area contributed by atoms with E-state index in [1.165, 1.54) is 0 Å². The van der Waals surface area contributed by atoms with Gasteiger partial charge in [-0.1, -0.05) is 0 Å². The molecule has 0 fully saturated rings. The van der Waals surface area contributed by atoms with Crippen molar-refractivity contribution in [3.8, 4) is 0 Å². The van der Waals surface area contributed by atoms with Gasteiger partial charge in [-0.3, -0.25) is 0 Å². The van der Waals surface area contributed by atoms with Gasteiger partial charge in [-0.25, -0.2) is 4.79 Å². The molecule has 0 saturated carbocycles. The summed E-state index contributed by atoms with van der Waals surface area (Å²) >= 11 is 0. The minimum absolute atomic E-state index is 0.265. The molecule has 3 nitrogen and oxygen atoms in total. The lowest BCUT2D eigenvalue weighted by molar-refractivity contribution is -0.134. The molecule has 0 aliphatic rings. The number of ether oxygens (including phenoxy) is 1. The second-order valence-electron chi connectivity index (χ2n) is 1.23. The van der Waals surface area contributed by atoms with Crippen molar-refractivity contribution in [3.63, 3.8) is 0 Å². The fourth-order valence-electron chi connectivity index (χ4n) is 0.207. The number of halogens is 1. The van der Waals surface area contributed by atoms with Gasteiger partial charge in [0.15, 0.2) is 0 Å². The summed E-state index contributed by atoms with van der Waals surface area (Å²) in [6, 6.07) is 0. The van der Waals surface area contributed by atoms with E-state index >= 15 is 0 Å². The van der Waals surface area contributed by atoms with E-state index in [-0.39, 0.29) is 6.61 Å². The lowest BCUT2D eigenvalue weighted by atomic mass is 10.6. The average molecular weight is 134 g/mol. The molecule has 0 aromatic heterocycles. The van der Waals surface area contributed by atoms with Gasteiger partial charge in [-0.2, -0.15) is 4.39 Å². The minimum atomic E-state index is -1.61. The Kier molecular flexibility index (Phi) is 3.43. The van der Waals surface area contributed by atoms with Crippen LogP contribution in [0.5, 0.6) is 0 Å². The first-order valence-electron chi connectivity index (χ1n) is 2.39. The fourth-order valence-corrected chi connectivity index (χ4v) is 0.207. The second kappa shape index (κ2) is 3.88. The number of rotatable bonds is 3. The highest BCUT2D eigenvalue weighted by Crippen LogP contribution is 1.94. The van der Waals surface area contributed by atoms with Crippen molar-refractivity contribution in [3.05, 3.63) is 12.1 Å². The summed E-state index contributed by atoms with van der Waals surface area (Å²) in [5.74, 6) is -2.89. The third-order valence-corrected chi connectivity index (χ3v) is 0.558. The van der Waals surface area contributed by atoms with E-state index in [4.69, 9.17) is 5.11 Å². The zero-order valence-corrected chi connectivity index (χ0v) is 4.93. The summed E-state index contributed by atoms with van der Waals surface area (Å²) in [6.45, 7) is 1.90. The maximum Gasteiger partial charge on any atom is 0.368 e. The molecular formula is C5H7FO3. The van der Waals surface area contributed by atoms with Gasteiger partial charge in [0.25, 0.3) is 0 Å². The number of carbonyl (C=O) groups is 1. The Morgan fingerprint density at radius 3 is 2.78 bits per heavy atom. The van der Waals surface area contributed by atoms with Crippen LogP contribution < -0.4 is 0 Å². The monoisotopic (exact) mass is 134 g/mol. The van der Waals surface area contributed by atoms with E-state index in [0.717, 1.165) is 0 Å². The first kappa shape index (κ1) is 7.94. The molecule has 0 aromatic rings. The summed E-state index contributed by atoms with van der Waals surface area (Å²) in [6.07, 6.45) is 0.572. The number of hydrogen-bond donors (Lipinski definition) is 1. The first-order chi connectivity index (χ1) is 4.18. The van der Waals surface area contributed by atoms with Crippen LogP contribution in [0.4, 0.5) is 4.39 Å². The van der Waals surface area contributed by atoms with Crippen LogP contribution in [-0.2, 0) is 9.53 Å². The third kappa shape index (κ3) is 3.52. The van der Waals surface area contributed by atoms with Crippen LogP contribution in [-0.4, -0.2) is 17.7 Å². The van der Waals surface area contributed by atoms with E-state index in [1.54, 1.807) is 6.92 Å². The van der Waals surface area contributed by atoms with Crippen LogP contribution in [0, 0.1) is 0 Å². The molecule has 0 bridgehead atoms. The first-order valence-corrected chi connectivity index (χ1v) is 2.39. The molecule has 0 aliphatic heterocycles. The van der Waals surface area contributed by atoms with Gasteiger partial charge in [0.1, 0.15) is 6.26 Å². The number of carboxylic acids is 1. The van der Waals surface area contributed by atoms with Gasteiger partial charge in [0.05, 0.1) is 6.61 Å². The van der Waals surface area contributed by atoms with E-state index in [2.05, 4.69) is 4.74 Å². The third-order valence-electron chi connectivity index (χ3n) is 0.558. The Hall–Kier alpha value is -1.06. The summed E-state index contributed by atoms with van der Waals surface area (Å²) < 4.78 is 16.2. The van der Waals surface area contributed by atoms with E-state index in [9.17, 15) is 9.18 Å². The molecule has 0 amide bonds. The molecule has 0 saturated heterocycles. The molecule has 4 heteroatoms. The van der Waals surface area contributed by atoms with Crippen LogP contribution in [0.3, 0.4) is 0 Å². The highest BCUT2D eigenvalue weighted by atomic mass is 19.1. The van der Waals surface area contributed by atoms with Crippen LogP contribution in [0.1, 0.15) is 6.92 Å². The Labute approximate surface area is 51.7 Å². The Bertz CT molecular complexity index is 130. The average Bonchev–Trinajstić information content (AvgIpc) is 1.82. The zero-order chi connectivity index (χ0) is 7.28. The Balaban J connectivity index is 3.69. The van der Waals surface area contributed by atoms with Crippen molar-refractivity contribution in [1.82, 2.24) is 0 Å². The normalized spacial score (nSPS) is 11.1. The van der Waals surface area contributed by atoms with Gasteiger partial charge in [0.2, 0.25) is 5.83 Å². The molecule has 1 N–H and O–H groups in total. The molecule has 0 spiro atoms. The van der Waals surface area contributed by atoms with Gasteiger partial charge >= 0.3 is 5.97 Å². The summed E-state index contributed by atoms with van der Waals surface area (Å²) in [7, 11) is 0. The quantitative estimate of drug-likeness (QED) is 0.461. The summed E-state index contributed by atoms with van der Waals surface area (Å²) in [4.78, 5) is 9.68. The van der Waals surface area contributed by atoms with Gasteiger partial charge < -0.3 is 9.84 Å². The molecule has 0 rings (SSSR count). The smallest absolute Gasteiger partial charge is 0.368 e. The standard InChI is InChI=1S/C5H7FO3/c1-2-9-3-4(6)5(7)8/h3H,2H2,1H3,(H,7,8)/b4-3-. The van der Waals surface area contributed by atoms with Crippen LogP contribution in [0.2, 0.25) is 0 Å². The van der Waals surface area contributed by atoms with Gasteiger partial charge in [-0.05, 0) is 6.92 Å². The van der Waals surface area contributed by atoms with E-state index < -0.39 is 11.8 Å². The molecule has 52 valence electrons. The molecule has 0 radical (unpaired) electrons. The van der Waals surface area contributed by atoms with Crippen molar-refractivity contribution in [1.29, 1.82) is 0 Å². The lowest BCUT2D eigenvalue weighted by Crippen LogP contribution is -1.95. The molecule has 0 heterocycles. The zero-order valence-electron chi connectivity index (χ0n) is 4.93. The number of aliphatic carboxylic acids is 1. The maximum atomic E-state index is 11.8. The van der Waals surface area contributed by atoms with Gasteiger partial charge in [0, 0.05) is 0 Å². The molecule has 0 aliphatic carbocycles. The summed E-state index contributed by atoms with van der Waals surface area (Å²) in [5, 5.41) is 7.89. The summed E-state index contributed by atoms with van der Waals surface area (Å²) in [5.41, 5.74) is 0. The topological polar surface area (TPSA) is 46.5 Å². The molecule has 0 unspecified atom stereocenters. The fraction of sp³-hybridized carbons (Fsp3) is 0.400. The SMILES string of the molecule is CCO/C=C(\F)C(=O)O. The van der Waals surface area contributed by atoms with E-state index in [0.29, 0.717) is 6.26 Å². The van der Waals surface area contributed by atoms with Crippen LogP contribution >= 0.6 is 0 Å². The van der Waals surface area contributed by atoms with Crippen molar-refractivity contribution < 1.29 is 19.0 Å². The predicted octanol–water partition coefficient (Wildman–Crippen LogP) is 0.918. The molecular weight excluding hydrogens is 127 g/mol. The van der Waals surface area contributed by atoms with Crippen LogP contribution in [0.15, 0.2) is 12.1 Å². The highest BCUT2D eigenvalue weighted by Gasteiger charge is 2.03. The van der Waals surface area contributed by atoms with Crippen molar-refractivity contribution in [2.45, 2.75) is 6.92 Å². The predicted molar refractivity (Wildman–Crippen MR) is 28.5 cm³/mol. The maximum absolute atomic E-state index is 11.8. The van der Waals surface area contributed by atoms with Crippen molar-refractivity contribution in [2.24, 2.45) is 0 Å².